The van der Waals surface area contributed by atoms with Gasteiger partial charge < -0.3 is 4.57 Å². The van der Waals surface area contributed by atoms with Crippen LogP contribution in [0.5, 0.6) is 0 Å². The highest BCUT2D eigenvalue weighted by molar-refractivity contribution is 6.12. The molecule has 0 N–H and O–H groups in total. The lowest BCUT2D eigenvalue weighted by Gasteiger charge is -2.16. The third kappa shape index (κ3) is 6.87. The zero-order valence-corrected chi connectivity index (χ0v) is 33.3. The number of hydrogen-bond acceptors (Lipinski definition) is 8. The monoisotopic (exact) mass is 803 g/mol. The van der Waals surface area contributed by atoms with Gasteiger partial charge in [-0.05, 0) is 106 Å². The van der Waals surface area contributed by atoms with Gasteiger partial charge >= 0.3 is 0 Å². The Labute approximate surface area is 362 Å². The fraction of sp³-hybridized carbons (Fsp3) is 0. The molecule has 3 heterocycles. The second-order valence-corrected chi connectivity index (χ2v) is 14.8. The molecule has 0 saturated carbocycles. The van der Waals surface area contributed by atoms with Crippen LogP contribution in [-0.2, 0) is 0 Å². The van der Waals surface area contributed by atoms with Crippen molar-refractivity contribution in [2.75, 3.05) is 0 Å². The second kappa shape index (κ2) is 15.9. The van der Waals surface area contributed by atoms with Gasteiger partial charge in [0.15, 0.2) is 17.5 Å². The molecule has 3 aromatic heterocycles. The van der Waals surface area contributed by atoms with Crippen molar-refractivity contribution >= 4 is 21.8 Å². The standard InChI is InChI=1S/C54H29N9/c55-30-34-11-16-44(42(25-34)32-57)40-14-19-49-46(28-40)47-29-41(45-17-12-35(31-56)26-43(45)33-58)15-20-50(47)63(49)51-18-13-39(36-21-23-59-24-22-36)27-48(51)54-61-52(37-7-3-1-4-8-37)60-53(62-54)38-9-5-2-6-10-38/h1-29H. The van der Waals surface area contributed by atoms with Crippen LogP contribution in [-0.4, -0.2) is 24.5 Å². The summed E-state index contributed by atoms with van der Waals surface area (Å²) in [5.74, 6) is 1.54. The van der Waals surface area contributed by atoms with Crippen LogP contribution in [0.15, 0.2) is 176 Å². The summed E-state index contributed by atoms with van der Waals surface area (Å²) < 4.78 is 2.20. The first kappa shape index (κ1) is 37.7. The van der Waals surface area contributed by atoms with Gasteiger partial charge in [0.25, 0.3) is 0 Å². The molecule has 0 saturated heterocycles. The number of aromatic nitrogens is 5. The molecule has 0 atom stereocenters. The fourth-order valence-corrected chi connectivity index (χ4v) is 8.10. The van der Waals surface area contributed by atoms with E-state index in [9.17, 15) is 21.0 Å². The van der Waals surface area contributed by atoms with Crippen LogP contribution in [0.3, 0.4) is 0 Å². The van der Waals surface area contributed by atoms with Crippen LogP contribution < -0.4 is 0 Å². The average molecular weight is 804 g/mol. The molecule has 0 radical (unpaired) electrons. The Balaban J connectivity index is 1.28. The molecule has 0 aliphatic carbocycles. The first-order valence-corrected chi connectivity index (χ1v) is 19.9. The quantitative estimate of drug-likeness (QED) is 0.154. The van der Waals surface area contributed by atoms with Crippen molar-refractivity contribution in [3.8, 4) is 97.5 Å². The van der Waals surface area contributed by atoms with Gasteiger partial charge in [0.05, 0.1) is 63.3 Å². The van der Waals surface area contributed by atoms with Crippen molar-refractivity contribution < 1.29 is 0 Å². The molecule has 0 amide bonds. The first-order chi connectivity index (χ1) is 31.0. The predicted molar refractivity (Wildman–Crippen MR) is 243 cm³/mol. The Kier molecular flexibility index (Phi) is 9.52. The van der Waals surface area contributed by atoms with Gasteiger partial charge in [-0.25, -0.2) is 15.0 Å². The average Bonchev–Trinajstić information content (AvgIpc) is 3.69. The van der Waals surface area contributed by atoms with E-state index in [0.717, 1.165) is 66.4 Å². The summed E-state index contributed by atoms with van der Waals surface area (Å²) in [5, 5.41) is 41.3. The molecule has 10 aromatic rings. The molecule has 0 spiro atoms. The van der Waals surface area contributed by atoms with E-state index in [2.05, 4.69) is 64.2 Å². The van der Waals surface area contributed by atoms with Gasteiger partial charge in [-0.2, -0.15) is 21.0 Å². The summed E-state index contributed by atoms with van der Waals surface area (Å²) in [6.07, 6.45) is 3.54. The van der Waals surface area contributed by atoms with E-state index < -0.39 is 0 Å². The van der Waals surface area contributed by atoms with Crippen LogP contribution in [0, 0.1) is 45.3 Å². The lowest BCUT2D eigenvalue weighted by Crippen LogP contribution is -2.04. The lowest BCUT2D eigenvalue weighted by molar-refractivity contribution is 1.06. The maximum atomic E-state index is 10.2. The summed E-state index contributed by atoms with van der Waals surface area (Å²) in [6, 6.07) is 61.3. The first-order valence-electron chi connectivity index (χ1n) is 19.9. The molecule has 7 aromatic carbocycles. The number of benzene rings is 7. The highest BCUT2D eigenvalue weighted by atomic mass is 15.1. The van der Waals surface area contributed by atoms with Crippen molar-refractivity contribution in [3.63, 3.8) is 0 Å². The SMILES string of the molecule is N#Cc1ccc(-c2ccc3c(c2)c2cc(-c4ccc(C#N)cc4C#N)ccc2n3-c2ccc(-c3ccncc3)cc2-c2nc(-c3ccccc3)nc(-c3ccccc3)n2)c(C#N)c1. The zero-order chi connectivity index (χ0) is 42.9. The maximum Gasteiger partial charge on any atom is 0.166 e. The number of pyridine rings is 1. The Morgan fingerprint density at radius 1 is 0.365 bits per heavy atom. The van der Waals surface area contributed by atoms with E-state index in [1.807, 2.05) is 109 Å². The molecule has 290 valence electrons. The van der Waals surface area contributed by atoms with Gasteiger partial charge in [-0.1, -0.05) is 91.0 Å². The molecular formula is C54H29N9. The molecule has 0 aliphatic heterocycles. The minimum absolute atomic E-state index is 0.390. The Morgan fingerprint density at radius 2 is 0.857 bits per heavy atom. The number of rotatable bonds is 7. The van der Waals surface area contributed by atoms with Gasteiger partial charge in [-0.3, -0.25) is 4.98 Å². The van der Waals surface area contributed by atoms with E-state index in [-0.39, 0.29) is 0 Å². The molecule has 10 rings (SSSR count). The molecule has 9 heteroatoms. The number of nitrogens with zero attached hydrogens (tertiary/aromatic N) is 9. The topological polar surface area (TPSA) is 152 Å². The van der Waals surface area contributed by atoms with Gasteiger partial charge in [0, 0.05) is 39.9 Å². The summed E-state index contributed by atoms with van der Waals surface area (Å²) in [5.41, 5.74) is 11.5. The summed E-state index contributed by atoms with van der Waals surface area (Å²) in [7, 11) is 0. The highest BCUT2D eigenvalue weighted by Gasteiger charge is 2.22. The Hall–Kier alpha value is -9.54. The predicted octanol–water partition coefficient (Wildman–Crippen LogP) is 11.9. The van der Waals surface area contributed by atoms with Gasteiger partial charge in [0.1, 0.15) is 0 Å². The third-order valence-corrected chi connectivity index (χ3v) is 11.1. The molecule has 0 bridgehead atoms. The summed E-state index contributed by atoms with van der Waals surface area (Å²) >= 11 is 0. The highest BCUT2D eigenvalue weighted by Crippen LogP contribution is 2.41. The summed E-state index contributed by atoms with van der Waals surface area (Å²) in [4.78, 5) is 19.6. The second-order valence-electron chi connectivity index (χ2n) is 14.8. The van der Waals surface area contributed by atoms with E-state index in [4.69, 9.17) is 15.0 Å². The molecular weight excluding hydrogens is 775 g/mol. The minimum Gasteiger partial charge on any atom is -0.308 e. The molecule has 0 fully saturated rings. The normalized spacial score (nSPS) is 10.8. The number of hydrogen-bond donors (Lipinski definition) is 0. The van der Waals surface area contributed by atoms with Crippen molar-refractivity contribution in [3.05, 3.63) is 198 Å². The zero-order valence-electron chi connectivity index (χ0n) is 33.3. The third-order valence-electron chi connectivity index (χ3n) is 11.1. The van der Waals surface area contributed by atoms with Crippen LogP contribution in [0.4, 0.5) is 0 Å². The van der Waals surface area contributed by atoms with E-state index >= 15 is 0 Å². The maximum absolute atomic E-state index is 10.2. The largest absolute Gasteiger partial charge is 0.308 e. The number of fused-ring (bicyclic) bond motifs is 3. The lowest BCUT2D eigenvalue weighted by atomic mass is 9.95. The Morgan fingerprint density at radius 3 is 1.35 bits per heavy atom. The van der Waals surface area contributed by atoms with E-state index in [1.165, 1.54) is 0 Å². The van der Waals surface area contributed by atoms with Crippen LogP contribution in [0.25, 0.3) is 95.0 Å². The number of nitriles is 4. The van der Waals surface area contributed by atoms with Gasteiger partial charge in [0.2, 0.25) is 0 Å². The molecule has 0 unspecified atom stereocenters. The van der Waals surface area contributed by atoms with Crippen LogP contribution in [0.2, 0.25) is 0 Å². The van der Waals surface area contributed by atoms with Crippen molar-refractivity contribution in [2.45, 2.75) is 0 Å². The Bertz CT molecular complexity index is 3420. The van der Waals surface area contributed by atoms with E-state index in [0.29, 0.717) is 50.9 Å². The minimum atomic E-state index is 0.390. The van der Waals surface area contributed by atoms with Gasteiger partial charge in [-0.15, -0.1) is 0 Å². The molecule has 63 heavy (non-hydrogen) atoms. The smallest absolute Gasteiger partial charge is 0.166 e. The van der Waals surface area contributed by atoms with Crippen molar-refractivity contribution in [2.24, 2.45) is 0 Å². The molecule has 0 aliphatic rings. The molecule has 9 nitrogen and oxygen atoms in total. The van der Waals surface area contributed by atoms with Crippen LogP contribution in [0.1, 0.15) is 22.3 Å². The van der Waals surface area contributed by atoms with Crippen molar-refractivity contribution in [1.29, 1.82) is 21.0 Å². The van der Waals surface area contributed by atoms with Crippen molar-refractivity contribution in [1.82, 2.24) is 24.5 Å². The van der Waals surface area contributed by atoms with Crippen LogP contribution >= 0.6 is 0 Å². The summed E-state index contributed by atoms with van der Waals surface area (Å²) in [6.45, 7) is 0. The fourth-order valence-electron chi connectivity index (χ4n) is 8.10. The van der Waals surface area contributed by atoms with E-state index in [1.54, 1.807) is 36.7 Å².